The smallest absolute Gasteiger partial charge is 0.306 e. The van der Waals surface area contributed by atoms with Crippen molar-refractivity contribution in [3.8, 4) is 0 Å². The Morgan fingerprint density at radius 3 is 2.64 bits per heavy atom. The van der Waals surface area contributed by atoms with E-state index in [0.717, 1.165) is 74.0 Å². The molecule has 5 rings (SSSR count). The first kappa shape index (κ1) is 29.1. The Hall–Kier alpha value is -1.38. The van der Waals surface area contributed by atoms with E-state index in [-0.39, 0.29) is 12.1 Å². The molecule has 0 saturated heterocycles. The number of fused-ring (bicyclic) bond motifs is 5. The number of unbranched alkanes of at least 4 members (excludes halogenated alkanes) is 1. The molecule has 1 heterocycles. The van der Waals surface area contributed by atoms with E-state index < -0.39 is 0 Å². The van der Waals surface area contributed by atoms with Gasteiger partial charge in [0.2, 0.25) is 0 Å². The average Bonchev–Trinajstić information content (AvgIpc) is 3.54. The zero-order valence-corrected chi connectivity index (χ0v) is 25.9. The summed E-state index contributed by atoms with van der Waals surface area (Å²) in [6.45, 7) is 12.6. The van der Waals surface area contributed by atoms with E-state index in [2.05, 4.69) is 45.7 Å². The third-order valence-electron chi connectivity index (χ3n) is 12.4. The summed E-state index contributed by atoms with van der Waals surface area (Å²) in [5.41, 5.74) is 3.89. The molecule has 3 fully saturated rings. The van der Waals surface area contributed by atoms with E-state index in [1.807, 2.05) is 12.4 Å². The molecule has 5 aliphatic rings. The summed E-state index contributed by atoms with van der Waals surface area (Å²) in [7, 11) is 0. The average molecular weight is 536 g/mol. The Labute approximate surface area is 239 Å². The molecule has 0 aromatic heterocycles. The first-order valence-corrected chi connectivity index (χ1v) is 16.8. The second-order valence-corrected chi connectivity index (χ2v) is 15.2. The quantitative estimate of drug-likeness (QED) is 0.150. The van der Waals surface area contributed by atoms with Crippen molar-refractivity contribution in [3.63, 3.8) is 0 Å². The zero-order valence-electron chi connectivity index (χ0n) is 25.9. The van der Waals surface area contributed by atoms with Crippen molar-refractivity contribution in [1.82, 2.24) is 0 Å². The molecule has 0 radical (unpaired) electrons. The lowest BCUT2D eigenvalue weighted by Gasteiger charge is -2.58. The number of hydrogen-bond donors (Lipinski definition) is 0. The largest absolute Gasteiger partial charge is 0.462 e. The summed E-state index contributed by atoms with van der Waals surface area (Å²) >= 11 is 0. The summed E-state index contributed by atoms with van der Waals surface area (Å²) in [6, 6.07) is 0. The monoisotopic (exact) mass is 535 g/mol. The number of allylic oxidation sites excluding steroid dienone is 2. The number of ether oxygens (including phenoxy) is 1. The summed E-state index contributed by atoms with van der Waals surface area (Å²) in [4.78, 5) is 16.8. The first-order valence-electron chi connectivity index (χ1n) is 16.8. The van der Waals surface area contributed by atoms with E-state index in [1.54, 1.807) is 5.57 Å². The Bertz CT molecular complexity index is 961. The summed E-state index contributed by atoms with van der Waals surface area (Å²) < 4.78 is 6.05. The second kappa shape index (κ2) is 12.2. The molecular formula is C36H57NO2. The number of carbonyl (C=O) groups excluding carboxylic acids is 1. The van der Waals surface area contributed by atoms with Crippen molar-refractivity contribution in [2.45, 2.75) is 143 Å². The highest BCUT2D eigenvalue weighted by Gasteiger charge is 2.59. The van der Waals surface area contributed by atoms with E-state index in [4.69, 9.17) is 4.74 Å². The van der Waals surface area contributed by atoms with Gasteiger partial charge in [-0.3, -0.25) is 9.79 Å². The van der Waals surface area contributed by atoms with Crippen LogP contribution in [-0.4, -0.2) is 18.3 Å². The van der Waals surface area contributed by atoms with Crippen LogP contribution >= 0.6 is 0 Å². The van der Waals surface area contributed by atoms with Crippen molar-refractivity contribution in [1.29, 1.82) is 0 Å². The number of hydrogen-bond acceptors (Lipinski definition) is 3. The van der Waals surface area contributed by atoms with E-state index in [1.165, 1.54) is 63.4 Å². The zero-order chi connectivity index (χ0) is 27.6. The van der Waals surface area contributed by atoms with Gasteiger partial charge in [-0.2, -0.15) is 0 Å². The molecule has 39 heavy (non-hydrogen) atoms. The van der Waals surface area contributed by atoms with Gasteiger partial charge >= 0.3 is 5.97 Å². The summed E-state index contributed by atoms with van der Waals surface area (Å²) in [5, 5.41) is 0. The van der Waals surface area contributed by atoms with Crippen LogP contribution < -0.4 is 0 Å². The molecule has 0 aromatic carbocycles. The first-order chi connectivity index (χ1) is 18.7. The lowest BCUT2D eigenvalue weighted by molar-refractivity contribution is -0.151. The SMILES string of the molecule is CC(C)CCCC(C)C1CCC2C3CC=C4CC(OC(=O)CCCCC5=CN=CC5)CCC4(C)C3CCC12C. The minimum atomic E-state index is 0.0162. The van der Waals surface area contributed by atoms with Crippen LogP contribution in [0, 0.1) is 46.3 Å². The number of carbonyl (C=O) groups is 1. The summed E-state index contributed by atoms with van der Waals surface area (Å²) in [6.07, 6.45) is 25.7. The van der Waals surface area contributed by atoms with E-state index in [0.29, 0.717) is 17.3 Å². The van der Waals surface area contributed by atoms with Crippen molar-refractivity contribution in [3.05, 3.63) is 23.4 Å². The van der Waals surface area contributed by atoms with Crippen LogP contribution in [-0.2, 0) is 9.53 Å². The van der Waals surface area contributed by atoms with E-state index >= 15 is 0 Å². The molecular weight excluding hydrogens is 478 g/mol. The van der Waals surface area contributed by atoms with Gasteiger partial charge in [-0.05, 0) is 116 Å². The minimum Gasteiger partial charge on any atom is -0.462 e. The van der Waals surface area contributed by atoms with Crippen LogP contribution in [0.1, 0.15) is 137 Å². The summed E-state index contributed by atoms with van der Waals surface area (Å²) in [5.74, 6) is 5.25. The molecule has 0 amide bonds. The Morgan fingerprint density at radius 1 is 1.03 bits per heavy atom. The van der Waals surface area contributed by atoms with Crippen molar-refractivity contribution < 1.29 is 9.53 Å². The van der Waals surface area contributed by atoms with Crippen molar-refractivity contribution >= 4 is 12.2 Å². The highest BCUT2D eigenvalue weighted by molar-refractivity contribution is 5.69. The molecule has 8 unspecified atom stereocenters. The molecule has 3 heteroatoms. The predicted octanol–water partition coefficient (Wildman–Crippen LogP) is 9.86. The van der Waals surface area contributed by atoms with Crippen LogP contribution in [0.25, 0.3) is 0 Å². The van der Waals surface area contributed by atoms with Crippen LogP contribution in [0.5, 0.6) is 0 Å². The second-order valence-electron chi connectivity index (χ2n) is 15.2. The van der Waals surface area contributed by atoms with Crippen LogP contribution in [0.2, 0.25) is 0 Å². The number of nitrogens with zero attached hydrogens (tertiary/aromatic N) is 1. The van der Waals surface area contributed by atoms with Crippen molar-refractivity contribution in [2.75, 3.05) is 0 Å². The van der Waals surface area contributed by atoms with Crippen LogP contribution in [0.3, 0.4) is 0 Å². The molecule has 3 nitrogen and oxygen atoms in total. The molecule has 4 aliphatic carbocycles. The highest BCUT2D eigenvalue weighted by Crippen LogP contribution is 2.67. The molecule has 218 valence electrons. The fourth-order valence-corrected chi connectivity index (χ4v) is 10.2. The maximum absolute atomic E-state index is 12.6. The van der Waals surface area contributed by atoms with Gasteiger partial charge in [0.05, 0.1) is 0 Å². The molecule has 3 saturated carbocycles. The minimum absolute atomic E-state index is 0.0162. The van der Waals surface area contributed by atoms with Gasteiger partial charge < -0.3 is 4.74 Å². The molecule has 0 bridgehead atoms. The van der Waals surface area contributed by atoms with Gasteiger partial charge in [0.1, 0.15) is 6.10 Å². The third-order valence-corrected chi connectivity index (χ3v) is 12.4. The lowest BCUT2D eigenvalue weighted by Crippen LogP contribution is -2.51. The number of aliphatic imine (C=N–C) groups is 1. The standard InChI is InChI=1S/C36H57NO2/c1-25(2)9-8-10-26(3)31-15-16-32-30-14-13-28-23-29(17-20-35(28,4)33(30)18-21-36(31,32)5)39-34(38)12-7-6-11-27-19-22-37-24-27/h13,22,24-26,29-33H,6-12,14-21,23H2,1-5H3. The van der Waals surface area contributed by atoms with Crippen molar-refractivity contribution in [2.24, 2.45) is 51.3 Å². The van der Waals surface area contributed by atoms with Gasteiger partial charge in [0.25, 0.3) is 0 Å². The number of esters is 1. The third kappa shape index (κ3) is 6.13. The van der Waals surface area contributed by atoms with E-state index in [9.17, 15) is 4.79 Å². The fourth-order valence-electron chi connectivity index (χ4n) is 10.2. The van der Waals surface area contributed by atoms with Gasteiger partial charge in [-0.25, -0.2) is 0 Å². The molecule has 8 atom stereocenters. The fraction of sp³-hybridized carbons (Fsp3) is 0.833. The molecule has 1 aliphatic heterocycles. The molecule has 0 aromatic rings. The molecule has 0 spiro atoms. The predicted molar refractivity (Wildman–Crippen MR) is 163 cm³/mol. The Morgan fingerprint density at radius 2 is 1.87 bits per heavy atom. The highest BCUT2D eigenvalue weighted by atomic mass is 16.5. The van der Waals surface area contributed by atoms with Crippen LogP contribution in [0.4, 0.5) is 0 Å². The molecule has 0 N–H and O–H groups in total. The Kier molecular flexibility index (Phi) is 9.14. The normalized spacial score (nSPS) is 38.1. The lowest BCUT2D eigenvalue weighted by atomic mass is 9.47. The van der Waals surface area contributed by atoms with Gasteiger partial charge in [-0.1, -0.05) is 65.5 Å². The van der Waals surface area contributed by atoms with Gasteiger partial charge in [0.15, 0.2) is 0 Å². The van der Waals surface area contributed by atoms with Gasteiger partial charge in [0, 0.05) is 31.7 Å². The maximum Gasteiger partial charge on any atom is 0.306 e. The number of rotatable bonds is 11. The maximum atomic E-state index is 12.6. The van der Waals surface area contributed by atoms with Crippen LogP contribution in [0.15, 0.2) is 28.4 Å². The Balaban J connectivity index is 1.14. The van der Waals surface area contributed by atoms with Gasteiger partial charge in [-0.15, -0.1) is 0 Å². The topological polar surface area (TPSA) is 38.7 Å².